The number of hydrogen-bond acceptors (Lipinski definition) is 6. The molecule has 1 N–H and O–H groups in total. The van der Waals surface area contributed by atoms with Crippen LogP contribution in [0.1, 0.15) is 10.5 Å². The third-order valence-electron chi connectivity index (χ3n) is 4.63. The molecule has 0 bridgehead atoms. The van der Waals surface area contributed by atoms with Crippen molar-refractivity contribution in [1.29, 1.82) is 0 Å². The number of nitrogens with zero attached hydrogens (tertiary/aromatic N) is 3. The third kappa shape index (κ3) is 3.58. The number of thiol groups is 1. The Morgan fingerprint density at radius 3 is 2.82 bits per heavy atom. The highest BCUT2D eigenvalue weighted by Gasteiger charge is 2.47. The second-order valence-electron chi connectivity index (χ2n) is 6.35. The van der Waals surface area contributed by atoms with Gasteiger partial charge >= 0.3 is 0 Å². The van der Waals surface area contributed by atoms with Gasteiger partial charge in [0.25, 0.3) is 5.91 Å². The van der Waals surface area contributed by atoms with Gasteiger partial charge in [-0.15, -0.1) is 12.6 Å². The average molecular weight is 439 g/mol. The van der Waals surface area contributed by atoms with E-state index >= 15 is 0 Å². The first-order valence-electron chi connectivity index (χ1n) is 8.54. The minimum absolute atomic E-state index is 0.110. The number of rotatable bonds is 3. The Balaban J connectivity index is 1.55. The van der Waals surface area contributed by atoms with Gasteiger partial charge in [0.15, 0.2) is 0 Å². The van der Waals surface area contributed by atoms with Crippen LogP contribution in [0.15, 0.2) is 36.4 Å². The summed E-state index contributed by atoms with van der Waals surface area (Å²) in [6, 6.07) is 9.37. The van der Waals surface area contributed by atoms with E-state index in [1.165, 1.54) is 0 Å². The maximum atomic E-state index is 12.8. The summed E-state index contributed by atoms with van der Waals surface area (Å²) in [6.45, 7) is 1.52. The van der Waals surface area contributed by atoms with Crippen molar-refractivity contribution in [2.45, 2.75) is 11.5 Å². The Morgan fingerprint density at radius 2 is 2.11 bits per heavy atom. The molecule has 0 aliphatic carbocycles. The van der Waals surface area contributed by atoms with Crippen LogP contribution in [-0.2, 0) is 9.53 Å². The topological polar surface area (TPSA) is 74.8 Å². The lowest BCUT2D eigenvalue weighted by molar-refractivity contribution is -0.123. The number of benzene rings is 1. The summed E-state index contributed by atoms with van der Waals surface area (Å²) in [5.41, 5.74) is 0.772. The lowest BCUT2D eigenvalue weighted by Gasteiger charge is -2.30. The van der Waals surface area contributed by atoms with Gasteiger partial charge in [-0.1, -0.05) is 29.3 Å². The summed E-state index contributed by atoms with van der Waals surface area (Å²) < 4.78 is 5.41. The zero-order valence-corrected chi connectivity index (χ0v) is 16.9. The van der Waals surface area contributed by atoms with Crippen LogP contribution >= 0.6 is 35.8 Å². The van der Waals surface area contributed by atoms with E-state index < -0.39 is 11.4 Å². The Bertz CT molecular complexity index is 945. The largest absolute Gasteiger partial charge is 0.378 e. The van der Waals surface area contributed by atoms with E-state index in [0.717, 1.165) is 0 Å². The van der Waals surface area contributed by atoms with Gasteiger partial charge in [0, 0.05) is 12.2 Å². The van der Waals surface area contributed by atoms with Gasteiger partial charge in [-0.2, -0.15) is 0 Å². The van der Waals surface area contributed by atoms with Gasteiger partial charge in [-0.05, 0) is 30.3 Å². The van der Waals surface area contributed by atoms with E-state index in [9.17, 15) is 9.59 Å². The van der Waals surface area contributed by atoms with Crippen molar-refractivity contribution in [3.8, 4) is 0 Å². The number of morpholine rings is 1. The molecule has 7 nitrogen and oxygen atoms in total. The monoisotopic (exact) mass is 438 g/mol. The maximum absolute atomic E-state index is 12.8. The van der Waals surface area contributed by atoms with Crippen molar-refractivity contribution >= 4 is 59.0 Å². The van der Waals surface area contributed by atoms with E-state index in [1.54, 1.807) is 41.3 Å². The van der Waals surface area contributed by atoms with Crippen LogP contribution < -0.4 is 10.2 Å². The molecule has 10 heteroatoms. The first kappa shape index (κ1) is 19.5. The number of carbonyl (C=O) groups is 2. The maximum Gasteiger partial charge on any atom is 0.274 e. The minimum Gasteiger partial charge on any atom is -0.378 e. The predicted molar refractivity (Wildman–Crippen MR) is 110 cm³/mol. The van der Waals surface area contributed by atoms with Crippen molar-refractivity contribution < 1.29 is 14.3 Å². The Kier molecular flexibility index (Phi) is 5.48. The molecule has 1 aromatic carbocycles. The molecule has 146 valence electrons. The van der Waals surface area contributed by atoms with E-state index in [1.807, 2.05) is 4.90 Å². The van der Waals surface area contributed by atoms with Crippen LogP contribution in [0.25, 0.3) is 0 Å². The summed E-state index contributed by atoms with van der Waals surface area (Å²) in [7, 11) is 0. The number of anilines is 2. The Morgan fingerprint density at radius 1 is 1.29 bits per heavy atom. The van der Waals surface area contributed by atoms with Crippen LogP contribution in [-0.4, -0.2) is 53.0 Å². The fourth-order valence-corrected chi connectivity index (χ4v) is 4.23. The van der Waals surface area contributed by atoms with Gasteiger partial charge in [0.1, 0.15) is 22.4 Å². The normalized spacial score (nSPS) is 22.2. The fourth-order valence-electron chi connectivity index (χ4n) is 3.28. The van der Waals surface area contributed by atoms with Crippen LogP contribution in [0.3, 0.4) is 0 Å². The zero-order chi connectivity index (χ0) is 19.8. The lowest BCUT2D eigenvalue weighted by Crippen LogP contribution is -2.45. The molecule has 2 fully saturated rings. The molecule has 0 saturated carbocycles. The molecule has 28 heavy (non-hydrogen) atoms. The summed E-state index contributed by atoms with van der Waals surface area (Å²) in [5, 5.41) is 3.27. The van der Waals surface area contributed by atoms with Gasteiger partial charge < -0.3 is 10.1 Å². The molecular formula is C18H16Cl2N4O3S. The molecule has 0 radical (unpaired) electrons. The summed E-state index contributed by atoms with van der Waals surface area (Å²) >= 11 is 16.8. The summed E-state index contributed by atoms with van der Waals surface area (Å²) in [6.07, 6.45) is 0. The van der Waals surface area contributed by atoms with E-state index in [0.29, 0.717) is 36.2 Å². The van der Waals surface area contributed by atoms with Gasteiger partial charge in [-0.3, -0.25) is 19.4 Å². The Hall–Kier alpha value is -1.84. The number of carbonyl (C=O) groups excluding carboxylic acids is 2. The Labute approximate surface area is 177 Å². The standard InChI is InChI=1S/C18H16Cl2N4O3S/c19-11-8-10(21-16(25)12-2-1-3-15(20)22-12)4-5-13(11)24-17(26)14-9-27-7-6-23(14)18(24)28/h1-5,8,14,18,28H,6-7,9H2,(H,21,25). The van der Waals surface area contributed by atoms with E-state index in [2.05, 4.69) is 22.9 Å². The quantitative estimate of drug-likeness (QED) is 0.569. The second-order valence-corrected chi connectivity index (χ2v) is 7.61. The number of halogens is 2. The molecule has 2 saturated heterocycles. The number of ether oxygens (including phenoxy) is 1. The highest BCUT2D eigenvalue weighted by molar-refractivity contribution is 7.81. The first-order valence-corrected chi connectivity index (χ1v) is 9.81. The van der Waals surface area contributed by atoms with Crippen molar-refractivity contribution in [1.82, 2.24) is 9.88 Å². The average Bonchev–Trinajstić information content (AvgIpc) is 2.93. The molecule has 0 spiro atoms. The number of hydrogen-bond donors (Lipinski definition) is 2. The lowest BCUT2D eigenvalue weighted by atomic mass is 10.2. The van der Waals surface area contributed by atoms with Crippen LogP contribution in [0.5, 0.6) is 0 Å². The molecule has 2 aliphatic heterocycles. The van der Waals surface area contributed by atoms with Crippen LogP contribution in [0, 0.1) is 0 Å². The van der Waals surface area contributed by atoms with Crippen LogP contribution in [0.4, 0.5) is 11.4 Å². The van der Waals surface area contributed by atoms with E-state index in [4.69, 9.17) is 27.9 Å². The summed E-state index contributed by atoms with van der Waals surface area (Å²) in [4.78, 5) is 32.6. The number of nitrogens with one attached hydrogen (secondary N) is 1. The highest BCUT2D eigenvalue weighted by Crippen LogP contribution is 2.37. The number of fused-ring (bicyclic) bond motifs is 1. The highest BCUT2D eigenvalue weighted by atomic mass is 35.5. The van der Waals surface area contributed by atoms with Gasteiger partial charge in [0.2, 0.25) is 5.91 Å². The summed E-state index contributed by atoms with van der Waals surface area (Å²) in [5.74, 6) is -0.522. The molecule has 3 heterocycles. The third-order valence-corrected chi connectivity index (χ3v) is 5.67. The van der Waals surface area contributed by atoms with E-state index in [-0.39, 0.29) is 22.8 Å². The molecule has 1 aromatic heterocycles. The fraction of sp³-hybridized carbons (Fsp3) is 0.278. The van der Waals surface area contributed by atoms with Gasteiger partial charge in [-0.25, -0.2) is 4.98 Å². The van der Waals surface area contributed by atoms with Crippen molar-refractivity contribution in [2.24, 2.45) is 0 Å². The molecule has 2 atom stereocenters. The number of pyridine rings is 1. The molecule has 2 aromatic rings. The minimum atomic E-state index is -0.421. The SMILES string of the molecule is O=C(Nc1ccc(N2C(=O)C3COCCN3C2S)c(Cl)c1)c1cccc(Cl)n1. The second kappa shape index (κ2) is 7.88. The van der Waals surface area contributed by atoms with Crippen molar-refractivity contribution in [3.63, 3.8) is 0 Å². The zero-order valence-electron chi connectivity index (χ0n) is 14.5. The molecule has 2 amide bonds. The molecular weight excluding hydrogens is 423 g/mol. The van der Waals surface area contributed by atoms with Crippen LogP contribution in [0.2, 0.25) is 10.2 Å². The van der Waals surface area contributed by atoms with Crippen molar-refractivity contribution in [3.05, 3.63) is 52.3 Å². The number of amides is 2. The molecule has 2 aliphatic rings. The smallest absolute Gasteiger partial charge is 0.274 e. The molecule has 2 unspecified atom stereocenters. The predicted octanol–water partition coefficient (Wildman–Crippen LogP) is 2.90. The number of aromatic nitrogens is 1. The first-order chi connectivity index (χ1) is 13.5. The van der Waals surface area contributed by atoms with Crippen molar-refractivity contribution in [2.75, 3.05) is 30.0 Å². The van der Waals surface area contributed by atoms with Gasteiger partial charge in [0.05, 0.1) is 23.9 Å². The molecule has 4 rings (SSSR count).